The van der Waals surface area contributed by atoms with Crippen molar-refractivity contribution in [2.75, 3.05) is 19.0 Å². The summed E-state index contributed by atoms with van der Waals surface area (Å²) in [6.45, 7) is 1.93. The van der Waals surface area contributed by atoms with Crippen LogP contribution in [-0.2, 0) is 11.2 Å². The summed E-state index contributed by atoms with van der Waals surface area (Å²) in [7, 11) is 1.54. The van der Waals surface area contributed by atoms with Gasteiger partial charge in [0.2, 0.25) is 0 Å². The SMILES string of the molecule is CCc1ccc(NC(=S)NNC(=O)COc2ccccc2OC)cc1. The highest BCUT2D eigenvalue weighted by atomic mass is 32.1. The van der Waals surface area contributed by atoms with Crippen LogP contribution in [0.4, 0.5) is 5.69 Å². The lowest BCUT2D eigenvalue weighted by Crippen LogP contribution is -2.45. The van der Waals surface area contributed by atoms with Crippen molar-refractivity contribution in [3.63, 3.8) is 0 Å². The van der Waals surface area contributed by atoms with Crippen LogP contribution in [-0.4, -0.2) is 24.7 Å². The van der Waals surface area contributed by atoms with Crippen LogP contribution >= 0.6 is 12.2 Å². The third-order valence-corrected chi connectivity index (χ3v) is 3.57. The molecule has 0 aliphatic carbocycles. The van der Waals surface area contributed by atoms with Crippen molar-refractivity contribution in [2.24, 2.45) is 0 Å². The van der Waals surface area contributed by atoms with Gasteiger partial charge in [-0.25, -0.2) is 0 Å². The summed E-state index contributed by atoms with van der Waals surface area (Å²) in [4.78, 5) is 11.8. The molecule has 0 bridgehead atoms. The fourth-order valence-electron chi connectivity index (χ4n) is 2.03. The largest absolute Gasteiger partial charge is 0.493 e. The van der Waals surface area contributed by atoms with E-state index in [0.717, 1.165) is 12.1 Å². The minimum Gasteiger partial charge on any atom is -0.493 e. The van der Waals surface area contributed by atoms with Gasteiger partial charge in [0, 0.05) is 5.69 Å². The smallest absolute Gasteiger partial charge is 0.276 e. The van der Waals surface area contributed by atoms with Crippen molar-refractivity contribution in [1.29, 1.82) is 0 Å². The first-order valence-corrected chi connectivity index (χ1v) is 8.23. The van der Waals surface area contributed by atoms with Gasteiger partial charge in [0.15, 0.2) is 23.2 Å². The monoisotopic (exact) mass is 359 g/mol. The Labute approximate surface area is 152 Å². The average molecular weight is 359 g/mol. The second-order valence-corrected chi connectivity index (χ2v) is 5.53. The van der Waals surface area contributed by atoms with Crippen LogP contribution in [0.5, 0.6) is 11.5 Å². The van der Waals surface area contributed by atoms with Crippen molar-refractivity contribution >= 4 is 28.9 Å². The zero-order chi connectivity index (χ0) is 18.1. The van der Waals surface area contributed by atoms with E-state index < -0.39 is 0 Å². The number of hydrazine groups is 1. The molecule has 0 aliphatic rings. The van der Waals surface area contributed by atoms with E-state index in [1.807, 2.05) is 30.3 Å². The molecule has 2 aromatic rings. The summed E-state index contributed by atoms with van der Waals surface area (Å²) in [5.41, 5.74) is 7.19. The van der Waals surface area contributed by atoms with Crippen LogP contribution in [0.3, 0.4) is 0 Å². The van der Waals surface area contributed by atoms with Crippen molar-refractivity contribution in [3.8, 4) is 11.5 Å². The molecule has 0 radical (unpaired) electrons. The van der Waals surface area contributed by atoms with Crippen molar-refractivity contribution in [3.05, 3.63) is 54.1 Å². The molecule has 0 aliphatic heterocycles. The van der Waals surface area contributed by atoms with Gasteiger partial charge in [0.1, 0.15) is 0 Å². The molecular formula is C18H21N3O3S. The van der Waals surface area contributed by atoms with E-state index in [1.54, 1.807) is 25.3 Å². The Morgan fingerprint density at radius 1 is 1.04 bits per heavy atom. The van der Waals surface area contributed by atoms with Gasteiger partial charge < -0.3 is 14.8 Å². The number of thiocarbonyl (C=S) groups is 1. The third kappa shape index (κ3) is 5.96. The minimum atomic E-state index is -0.364. The second-order valence-electron chi connectivity index (χ2n) is 5.12. The maximum absolute atomic E-state index is 11.8. The highest BCUT2D eigenvalue weighted by Gasteiger charge is 2.07. The van der Waals surface area contributed by atoms with Gasteiger partial charge in [-0.1, -0.05) is 31.2 Å². The minimum absolute atomic E-state index is 0.165. The molecule has 2 rings (SSSR count). The number of hydrogen-bond donors (Lipinski definition) is 3. The van der Waals surface area contributed by atoms with E-state index in [-0.39, 0.29) is 17.6 Å². The summed E-state index contributed by atoms with van der Waals surface area (Å²) >= 11 is 5.14. The predicted octanol–water partition coefficient (Wildman–Crippen LogP) is 2.65. The lowest BCUT2D eigenvalue weighted by molar-refractivity contribution is -0.123. The van der Waals surface area contributed by atoms with Crippen LogP contribution in [0.1, 0.15) is 12.5 Å². The van der Waals surface area contributed by atoms with Crippen molar-refractivity contribution < 1.29 is 14.3 Å². The summed E-state index contributed by atoms with van der Waals surface area (Å²) in [5, 5.41) is 3.27. The first-order chi connectivity index (χ1) is 12.1. The second kappa shape index (κ2) is 9.48. The van der Waals surface area contributed by atoms with Crippen LogP contribution in [0.25, 0.3) is 0 Å². The molecule has 7 heteroatoms. The molecule has 25 heavy (non-hydrogen) atoms. The fourth-order valence-corrected chi connectivity index (χ4v) is 2.20. The van der Waals surface area contributed by atoms with E-state index >= 15 is 0 Å². The lowest BCUT2D eigenvalue weighted by Gasteiger charge is -2.13. The molecule has 0 saturated heterocycles. The van der Waals surface area contributed by atoms with E-state index in [1.165, 1.54) is 5.56 Å². The van der Waals surface area contributed by atoms with E-state index in [4.69, 9.17) is 21.7 Å². The van der Waals surface area contributed by atoms with Crippen LogP contribution in [0.2, 0.25) is 0 Å². The van der Waals surface area contributed by atoms with E-state index in [0.29, 0.717) is 11.5 Å². The van der Waals surface area contributed by atoms with Gasteiger partial charge in [-0.3, -0.25) is 15.6 Å². The van der Waals surface area contributed by atoms with Gasteiger partial charge in [0.05, 0.1) is 7.11 Å². The number of aryl methyl sites for hydroxylation is 1. The molecule has 0 unspecified atom stereocenters. The Morgan fingerprint density at radius 2 is 1.72 bits per heavy atom. The molecule has 0 aromatic heterocycles. The number of rotatable bonds is 6. The van der Waals surface area contributed by atoms with E-state index in [9.17, 15) is 4.79 Å². The fraction of sp³-hybridized carbons (Fsp3) is 0.222. The number of ether oxygens (including phenoxy) is 2. The number of methoxy groups -OCH3 is 1. The molecule has 3 N–H and O–H groups in total. The van der Waals surface area contributed by atoms with Crippen molar-refractivity contribution in [1.82, 2.24) is 10.9 Å². The summed E-state index contributed by atoms with van der Waals surface area (Å²) in [6.07, 6.45) is 0.977. The van der Waals surface area contributed by atoms with Crippen LogP contribution < -0.4 is 25.6 Å². The molecule has 6 nitrogen and oxygen atoms in total. The first kappa shape index (κ1) is 18.5. The summed E-state index contributed by atoms with van der Waals surface area (Å²) in [5.74, 6) is 0.698. The highest BCUT2D eigenvalue weighted by molar-refractivity contribution is 7.80. The summed E-state index contributed by atoms with van der Waals surface area (Å²) < 4.78 is 10.6. The zero-order valence-corrected chi connectivity index (χ0v) is 15.0. The van der Waals surface area contributed by atoms with Crippen molar-refractivity contribution in [2.45, 2.75) is 13.3 Å². The van der Waals surface area contributed by atoms with Gasteiger partial charge in [-0.15, -0.1) is 0 Å². The molecule has 0 heterocycles. The number of amides is 1. The Bertz CT molecular complexity index is 720. The van der Waals surface area contributed by atoms with Crippen LogP contribution in [0, 0.1) is 0 Å². The quantitative estimate of drug-likeness (QED) is 0.544. The normalized spacial score (nSPS) is 9.84. The van der Waals surface area contributed by atoms with Gasteiger partial charge >= 0.3 is 0 Å². The van der Waals surface area contributed by atoms with Crippen LogP contribution in [0.15, 0.2) is 48.5 Å². The first-order valence-electron chi connectivity index (χ1n) is 7.83. The Kier molecular flexibility index (Phi) is 7.03. The predicted molar refractivity (Wildman–Crippen MR) is 102 cm³/mol. The standard InChI is InChI=1S/C18H21N3O3S/c1-3-13-8-10-14(11-9-13)19-18(25)21-20-17(22)12-24-16-7-5-4-6-15(16)23-2/h4-11H,3,12H2,1-2H3,(H,20,22)(H2,19,21,25). The van der Waals surface area contributed by atoms with E-state index in [2.05, 4.69) is 23.1 Å². The lowest BCUT2D eigenvalue weighted by atomic mass is 10.1. The molecule has 1 amide bonds. The molecular weight excluding hydrogens is 338 g/mol. The molecule has 0 saturated carbocycles. The average Bonchev–Trinajstić information content (AvgIpc) is 2.65. The highest BCUT2D eigenvalue weighted by Crippen LogP contribution is 2.25. The number of benzene rings is 2. The molecule has 2 aromatic carbocycles. The van der Waals surface area contributed by atoms with Gasteiger partial charge in [-0.2, -0.15) is 0 Å². The number of nitrogens with one attached hydrogen (secondary N) is 3. The maximum Gasteiger partial charge on any atom is 0.276 e. The number of anilines is 1. The number of para-hydroxylation sites is 2. The Morgan fingerprint density at radius 3 is 2.36 bits per heavy atom. The van der Waals surface area contributed by atoms with Gasteiger partial charge in [0.25, 0.3) is 5.91 Å². The Hall–Kier alpha value is -2.80. The third-order valence-electron chi connectivity index (χ3n) is 3.36. The number of hydrogen-bond acceptors (Lipinski definition) is 4. The van der Waals surface area contributed by atoms with Gasteiger partial charge in [-0.05, 0) is 48.5 Å². The maximum atomic E-state index is 11.8. The molecule has 132 valence electrons. The number of carbonyl (C=O) groups excluding carboxylic acids is 1. The molecule has 0 spiro atoms. The zero-order valence-electron chi connectivity index (χ0n) is 14.2. The Balaban J connectivity index is 1.74. The summed E-state index contributed by atoms with van der Waals surface area (Å²) in [6, 6.07) is 15.0. The topological polar surface area (TPSA) is 71.6 Å². The molecule has 0 atom stereocenters. The number of carbonyl (C=O) groups is 1. The molecule has 0 fully saturated rings.